The lowest BCUT2D eigenvalue weighted by molar-refractivity contribution is 0.187. The first-order chi connectivity index (χ1) is 12.0. The zero-order chi connectivity index (χ0) is 17.9. The van der Waals surface area contributed by atoms with Crippen molar-refractivity contribution in [2.45, 2.75) is 24.9 Å². The molecule has 2 heterocycles. The van der Waals surface area contributed by atoms with Gasteiger partial charge in [0.15, 0.2) is 5.65 Å². The number of fused-ring (bicyclic) bond motifs is 1. The van der Waals surface area contributed by atoms with Crippen molar-refractivity contribution in [1.82, 2.24) is 19.3 Å². The lowest BCUT2D eigenvalue weighted by atomic mass is 10.2. The number of rotatable bonds is 7. The maximum absolute atomic E-state index is 12.5. The van der Waals surface area contributed by atoms with Crippen LogP contribution in [0.25, 0.3) is 11.2 Å². The molecular weight excluding hydrogens is 340 g/mol. The highest BCUT2D eigenvalue weighted by Gasteiger charge is 2.17. The number of benzene rings is 1. The molecule has 3 rings (SSSR count). The monoisotopic (exact) mass is 360 g/mol. The van der Waals surface area contributed by atoms with Crippen molar-refractivity contribution in [1.29, 1.82) is 0 Å². The third kappa shape index (κ3) is 3.87. The van der Waals surface area contributed by atoms with Crippen LogP contribution < -0.4 is 4.72 Å². The third-order valence-electron chi connectivity index (χ3n) is 3.85. The van der Waals surface area contributed by atoms with Gasteiger partial charge in [-0.3, -0.25) is 0 Å². The van der Waals surface area contributed by atoms with E-state index in [1.54, 1.807) is 43.6 Å². The van der Waals surface area contributed by atoms with Gasteiger partial charge in [-0.1, -0.05) is 17.7 Å². The van der Waals surface area contributed by atoms with Gasteiger partial charge in [0.05, 0.1) is 18.0 Å². The van der Waals surface area contributed by atoms with Gasteiger partial charge in [-0.2, -0.15) is 0 Å². The normalized spacial score (nSPS) is 11.9. The minimum absolute atomic E-state index is 0.0796. The van der Waals surface area contributed by atoms with E-state index < -0.39 is 10.0 Å². The zero-order valence-corrected chi connectivity index (χ0v) is 15.0. The molecule has 132 valence electrons. The number of pyridine rings is 1. The van der Waals surface area contributed by atoms with E-state index in [0.717, 1.165) is 11.1 Å². The second-order valence-corrected chi connectivity index (χ2v) is 7.42. The number of imidazole rings is 1. The Morgan fingerprint density at radius 1 is 1.20 bits per heavy atom. The lowest BCUT2D eigenvalue weighted by Crippen LogP contribution is -2.25. The second kappa shape index (κ2) is 7.30. The molecule has 0 aliphatic carbocycles. The van der Waals surface area contributed by atoms with E-state index in [1.165, 1.54) is 0 Å². The standard InChI is InChI=1S/C17H20N4O3S/c1-13-5-7-14(8-6-13)25(22,23)19-12-16-20-15-4-3-9-18-17(15)21(16)10-11-24-2/h3-9,19H,10-12H2,1-2H3. The van der Waals surface area contributed by atoms with Crippen molar-refractivity contribution in [3.63, 3.8) is 0 Å². The Bertz CT molecular complexity index is 965. The third-order valence-corrected chi connectivity index (χ3v) is 5.27. The molecule has 0 aliphatic rings. The van der Waals surface area contributed by atoms with Crippen LogP contribution in [0.1, 0.15) is 11.4 Å². The Kier molecular flexibility index (Phi) is 5.12. The van der Waals surface area contributed by atoms with Gasteiger partial charge in [0.2, 0.25) is 10.0 Å². The maximum Gasteiger partial charge on any atom is 0.240 e. The van der Waals surface area contributed by atoms with Gasteiger partial charge in [-0.15, -0.1) is 0 Å². The molecule has 0 radical (unpaired) electrons. The number of hydrogen-bond acceptors (Lipinski definition) is 5. The number of ether oxygens (including phenoxy) is 1. The number of sulfonamides is 1. The van der Waals surface area contributed by atoms with Crippen LogP contribution in [-0.2, 0) is 27.8 Å². The molecule has 0 saturated carbocycles. The molecular formula is C17H20N4O3S. The predicted octanol–water partition coefficient (Wildman–Crippen LogP) is 1.86. The predicted molar refractivity (Wildman–Crippen MR) is 94.6 cm³/mol. The molecule has 0 unspecified atom stereocenters. The molecule has 25 heavy (non-hydrogen) atoms. The van der Waals surface area contributed by atoms with Crippen LogP contribution >= 0.6 is 0 Å². The summed E-state index contributed by atoms with van der Waals surface area (Å²) in [4.78, 5) is 9.06. The van der Waals surface area contributed by atoms with Crippen molar-refractivity contribution < 1.29 is 13.2 Å². The SMILES string of the molecule is COCCn1c(CNS(=O)(=O)c2ccc(C)cc2)nc2cccnc21. The van der Waals surface area contributed by atoms with Crippen molar-refractivity contribution in [2.75, 3.05) is 13.7 Å². The fourth-order valence-corrected chi connectivity index (χ4v) is 3.50. The van der Waals surface area contributed by atoms with Crippen molar-refractivity contribution >= 4 is 21.2 Å². The molecule has 8 heteroatoms. The highest BCUT2D eigenvalue weighted by molar-refractivity contribution is 7.89. The molecule has 0 saturated heterocycles. The summed E-state index contributed by atoms with van der Waals surface area (Å²) in [6.07, 6.45) is 1.69. The van der Waals surface area contributed by atoms with Crippen molar-refractivity contribution in [3.05, 3.63) is 54.0 Å². The Balaban J connectivity index is 1.86. The van der Waals surface area contributed by atoms with Crippen molar-refractivity contribution in [3.8, 4) is 0 Å². The van der Waals surface area contributed by atoms with Gasteiger partial charge >= 0.3 is 0 Å². The van der Waals surface area contributed by atoms with Crippen LogP contribution in [-0.4, -0.2) is 36.7 Å². The zero-order valence-electron chi connectivity index (χ0n) is 14.1. The Labute approximate surface area is 146 Å². The molecule has 0 spiro atoms. The number of aromatic nitrogens is 3. The summed E-state index contributed by atoms with van der Waals surface area (Å²) in [5.41, 5.74) is 2.44. The van der Waals surface area contributed by atoms with Gasteiger partial charge in [0, 0.05) is 19.9 Å². The summed E-state index contributed by atoms with van der Waals surface area (Å²) in [5, 5.41) is 0. The first-order valence-electron chi connectivity index (χ1n) is 7.86. The van der Waals surface area contributed by atoms with E-state index in [-0.39, 0.29) is 11.4 Å². The Hall–Kier alpha value is -2.29. The van der Waals surface area contributed by atoms with Gasteiger partial charge in [-0.25, -0.2) is 23.1 Å². The fraction of sp³-hybridized carbons (Fsp3) is 0.294. The molecule has 3 aromatic rings. The minimum Gasteiger partial charge on any atom is -0.383 e. The number of nitrogens with one attached hydrogen (secondary N) is 1. The minimum atomic E-state index is -3.60. The summed E-state index contributed by atoms with van der Waals surface area (Å²) in [6, 6.07) is 10.4. The van der Waals surface area contributed by atoms with Crippen molar-refractivity contribution in [2.24, 2.45) is 0 Å². The van der Waals surface area contributed by atoms with E-state index in [2.05, 4.69) is 14.7 Å². The largest absolute Gasteiger partial charge is 0.383 e. The Morgan fingerprint density at radius 2 is 1.96 bits per heavy atom. The molecule has 0 aliphatic heterocycles. The van der Waals surface area contributed by atoms with E-state index in [0.29, 0.717) is 24.6 Å². The van der Waals surface area contributed by atoms with E-state index in [1.807, 2.05) is 17.6 Å². The first-order valence-corrected chi connectivity index (χ1v) is 9.35. The van der Waals surface area contributed by atoms with E-state index in [4.69, 9.17) is 4.74 Å². The molecule has 0 amide bonds. The second-order valence-electron chi connectivity index (χ2n) is 5.66. The fourth-order valence-electron chi connectivity index (χ4n) is 2.52. The first kappa shape index (κ1) is 17.5. The smallest absolute Gasteiger partial charge is 0.240 e. The van der Waals surface area contributed by atoms with Crippen LogP contribution in [0.5, 0.6) is 0 Å². The van der Waals surface area contributed by atoms with Gasteiger partial charge in [0.25, 0.3) is 0 Å². The summed E-state index contributed by atoms with van der Waals surface area (Å²) < 4.78 is 34.5. The molecule has 0 bridgehead atoms. The van der Waals surface area contributed by atoms with Crippen LogP contribution in [0.15, 0.2) is 47.5 Å². The van der Waals surface area contributed by atoms with Gasteiger partial charge < -0.3 is 9.30 Å². The highest BCUT2D eigenvalue weighted by atomic mass is 32.2. The number of methoxy groups -OCH3 is 1. The number of hydrogen-bond donors (Lipinski definition) is 1. The van der Waals surface area contributed by atoms with Crippen LogP contribution in [0, 0.1) is 6.92 Å². The number of aryl methyl sites for hydroxylation is 1. The summed E-state index contributed by atoms with van der Waals surface area (Å²) in [6.45, 7) is 3.02. The van der Waals surface area contributed by atoms with E-state index >= 15 is 0 Å². The summed E-state index contributed by atoms with van der Waals surface area (Å²) >= 11 is 0. The molecule has 2 aromatic heterocycles. The summed E-state index contributed by atoms with van der Waals surface area (Å²) in [5.74, 6) is 0.599. The summed E-state index contributed by atoms with van der Waals surface area (Å²) in [7, 11) is -1.99. The lowest BCUT2D eigenvalue weighted by Gasteiger charge is -2.10. The topological polar surface area (TPSA) is 86.1 Å². The van der Waals surface area contributed by atoms with Crippen LogP contribution in [0.2, 0.25) is 0 Å². The Morgan fingerprint density at radius 3 is 2.68 bits per heavy atom. The van der Waals surface area contributed by atoms with Crippen LogP contribution in [0.4, 0.5) is 0 Å². The molecule has 0 atom stereocenters. The maximum atomic E-state index is 12.5. The molecule has 1 aromatic carbocycles. The van der Waals surface area contributed by atoms with Crippen LogP contribution in [0.3, 0.4) is 0 Å². The molecule has 0 fully saturated rings. The highest BCUT2D eigenvalue weighted by Crippen LogP contribution is 2.15. The van der Waals surface area contributed by atoms with E-state index in [9.17, 15) is 8.42 Å². The van der Waals surface area contributed by atoms with Gasteiger partial charge in [-0.05, 0) is 31.2 Å². The number of nitrogens with zero attached hydrogens (tertiary/aromatic N) is 3. The molecule has 1 N–H and O–H groups in total. The molecule has 7 nitrogen and oxygen atoms in total. The average Bonchev–Trinajstić information content (AvgIpc) is 2.96. The quantitative estimate of drug-likeness (QED) is 0.695. The average molecular weight is 360 g/mol. The van der Waals surface area contributed by atoms with Gasteiger partial charge in [0.1, 0.15) is 11.3 Å².